The van der Waals surface area contributed by atoms with Crippen molar-refractivity contribution in [3.8, 4) is 5.69 Å². The van der Waals surface area contributed by atoms with Gasteiger partial charge in [-0.25, -0.2) is 9.67 Å². The van der Waals surface area contributed by atoms with Gasteiger partial charge in [0.15, 0.2) is 0 Å². The summed E-state index contributed by atoms with van der Waals surface area (Å²) in [5.74, 6) is 0. The van der Waals surface area contributed by atoms with Crippen molar-refractivity contribution in [1.29, 1.82) is 0 Å². The largest absolute Gasteiger partial charge is 0.223 e. The molecule has 1 aromatic carbocycles. The first kappa shape index (κ1) is 11.4. The van der Waals surface area contributed by atoms with Crippen LogP contribution < -0.4 is 0 Å². The molecule has 3 heteroatoms. The topological polar surface area (TPSA) is 30.7 Å². The number of nitrogens with zero attached hydrogens (tertiary/aromatic N) is 3. The van der Waals surface area contributed by atoms with E-state index in [0.717, 1.165) is 12.1 Å². The number of rotatable bonds is 2. The molecule has 2 rings (SSSR count). The summed E-state index contributed by atoms with van der Waals surface area (Å²) >= 11 is 0. The molecule has 1 aromatic heterocycles. The monoisotopic (exact) mass is 203 g/mol. The minimum Gasteiger partial charge on any atom is -0.223 e. The predicted octanol–water partition coefficient (Wildman–Crippen LogP) is 2.86. The van der Waals surface area contributed by atoms with Gasteiger partial charge in [-0.1, -0.05) is 32.9 Å². The lowest BCUT2D eigenvalue weighted by Crippen LogP contribution is -1.94. The zero-order valence-corrected chi connectivity index (χ0v) is 9.51. The highest BCUT2D eigenvalue weighted by Gasteiger charge is 1.96. The maximum atomic E-state index is 4.07. The van der Waals surface area contributed by atoms with Gasteiger partial charge in [0.05, 0.1) is 5.69 Å². The molecular formula is C12H17N3. The van der Waals surface area contributed by atoms with Crippen molar-refractivity contribution in [3.63, 3.8) is 0 Å². The Labute approximate surface area is 90.8 Å². The van der Waals surface area contributed by atoms with Crippen LogP contribution in [-0.2, 0) is 6.42 Å². The Kier molecular flexibility index (Phi) is 4.54. The summed E-state index contributed by atoms with van der Waals surface area (Å²) in [4.78, 5) is 3.91. The number of aryl methyl sites for hydroxylation is 1. The Morgan fingerprint density at radius 3 is 2.67 bits per heavy atom. The molecule has 0 aliphatic heterocycles. The third kappa shape index (κ3) is 2.91. The number of aromatic nitrogens is 3. The fourth-order valence-corrected chi connectivity index (χ4v) is 1.26. The second kappa shape index (κ2) is 5.96. The smallest absolute Gasteiger partial charge is 0.138 e. The molecule has 0 aliphatic rings. The maximum absolute atomic E-state index is 4.07. The van der Waals surface area contributed by atoms with Crippen molar-refractivity contribution in [3.05, 3.63) is 42.5 Å². The fraction of sp³-hybridized carbons (Fsp3) is 0.333. The first-order chi connectivity index (χ1) is 7.40. The van der Waals surface area contributed by atoms with Crippen molar-refractivity contribution in [1.82, 2.24) is 14.8 Å². The molecule has 3 nitrogen and oxygen atoms in total. The molecule has 1 heterocycles. The highest BCUT2D eigenvalue weighted by Crippen LogP contribution is 2.08. The van der Waals surface area contributed by atoms with Crippen LogP contribution in [0.5, 0.6) is 0 Å². The normalized spacial score (nSPS) is 9.27. The summed E-state index contributed by atoms with van der Waals surface area (Å²) < 4.78 is 1.76. The Balaban J connectivity index is 0.000000531. The van der Waals surface area contributed by atoms with Crippen LogP contribution in [0.15, 0.2) is 36.9 Å². The Bertz CT molecular complexity index is 380. The molecule has 0 fully saturated rings. The molecule has 0 radical (unpaired) electrons. The lowest BCUT2D eigenvalue weighted by Gasteiger charge is -2.01. The molecule has 0 bridgehead atoms. The van der Waals surface area contributed by atoms with Gasteiger partial charge < -0.3 is 0 Å². The van der Waals surface area contributed by atoms with Gasteiger partial charge in [0.2, 0.25) is 0 Å². The molecule has 0 saturated heterocycles. The van der Waals surface area contributed by atoms with Crippen molar-refractivity contribution in [2.45, 2.75) is 27.2 Å². The Morgan fingerprint density at radius 1 is 1.27 bits per heavy atom. The van der Waals surface area contributed by atoms with Gasteiger partial charge in [-0.15, -0.1) is 0 Å². The van der Waals surface area contributed by atoms with Gasteiger partial charge in [-0.2, -0.15) is 5.10 Å². The highest BCUT2D eigenvalue weighted by molar-refractivity contribution is 5.34. The summed E-state index contributed by atoms with van der Waals surface area (Å²) in [7, 11) is 0. The van der Waals surface area contributed by atoms with Crippen molar-refractivity contribution >= 4 is 0 Å². The first-order valence-electron chi connectivity index (χ1n) is 5.34. The first-order valence-corrected chi connectivity index (χ1v) is 5.34. The number of benzene rings is 1. The van der Waals surface area contributed by atoms with Crippen LogP contribution in [-0.4, -0.2) is 14.8 Å². The van der Waals surface area contributed by atoms with E-state index >= 15 is 0 Å². The van der Waals surface area contributed by atoms with Crippen molar-refractivity contribution < 1.29 is 0 Å². The summed E-state index contributed by atoms with van der Waals surface area (Å²) in [5, 5.41) is 4.07. The van der Waals surface area contributed by atoms with Crippen LogP contribution >= 0.6 is 0 Å². The van der Waals surface area contributed by atoms with E-state index in [4.69, 9.17) is 0 Å². The van der Waals surface area contributed by atoms with E-state index in [1.165, 1.54) is 5.56 Å². The van der Waals surface area contributed by atoms with Gasteiger partial charge in [0.1, 0.15) is 12.7 Å². The van der Waals surface area contributed by atoms with E-state index in [1.807, 2.05) is 26.0 Å². The molecular weight excluding hydrogens is 186 g/mol. The Hall–Kier alpha value is -1.64. The molecule has 0 amide bonds. The van der Waals surface area contributed by atoms with Crippen LogP contribution in [0, 0.1) is 0 Å². The van der Waals surface area contributed by atoms with Crippen LogP contribution in [0.3, 0.4) is 0 Å². The molecule has 2 aromatic rings. The predicted molar refractivity (Wildman–Crippen MR) is 62.1 cm³/mol. The Morgan fingerprint density at radius 2 is 2.07 bits per heavy atom. The van der Waals surface area contributed by atoms with Crippen LogP contribution in [0.25, 0.3) is 5.69 Å². The van der Waals surface area contributed by atoms with E-state index in [9.17, 15) is 0 Å². The van der Waals surface area contributed by atoms with Gasteiger partial charge in [0.25, 0.3) is 0 Å². The van der Waals surface area contributed by atoms with Crippen molar-refractivity contribution in [2.75, 3.05) is 0 Å². The second-order valence-electron chi connectivity index (χ2n) is 2.86. The van der Waals surface area contributed by atoms with E-state index < -0.39 is 0 Å². The highest BCUT2D eigenvalue weighted by atomic mass is 15.3. The molecule has 0 atom stereocenters. The molecule has 0 saturated carbocycles. The third-order valence-corrected chi connectivity index (χ3v) is 2.00. The van der Waals surface area contributed by atoms with Gasteiger partial charge >= 0.3 is 0 Å². The standard InChI is InChI=1S/C10H11N3.C2H6/c1-2-9-4-3-5-10(6-9)13-8-11-7-12-13;1-2/h3-8H,2H2,1H3;1-2H3. The average Bonchev–Trinajstić information content (AvgIpc) is 2.85. The third-order valence-electron chi connectivity index (χ3n) is 2.00. The zero-order valence-electron chi connectivity index (χ0n) is 9.51. The summed E-state index contributed by atoms with van der Waals surface area (Å²) in [6.07, 6.45) is 4.29. The average molecular weight is 203 g/mol. The van der Waals surface area contributed by atoms with Gasteiger partial charge in [0, 0.05) is 0 Å². The molecule has 0 aliphatic carbocycles. The van der Waals surface area contributed by atoms with E-state index in [0.29, 0.717) is 0 Å². The lowest BCUT2D eigenvalue weighted by molar-refractivity contribution is 0.875. The summed E-state index contributed by atoms with van der Waals surface area (Å²) in [5.41, 5.74) is 2.38. The maximum Gasteiger partial charge on any atom is 0.138 e. The molecule has 15 heavy (non-hydrogen) atoms. The summed E-state index contributed by atoms with van der Waals surface area (Å²) in [6, 6.07) is 8.29. The van der Waals surface area contributed by atoms with Crippen LogP contribution in [0.2, 0.25) is 0 Å². The molecule has 0 spiro atoms. The van der Waals surface area contributed by atoms with E-state index in [1.54, 1.807) is 17.3 Å². The molecule has 0 unspecified atom stereocenters. The van der Waals surface area contributed by atoms with Gasteiger partial charge in [-0.3, -0.25) is 0 Å². The minimum atomic E-state index is 1.04. The summed E-state index contributed by atoms with van der Waals surface area (Å²) in [6.45, 7) is 6.14. The lowest BCUT2D eigenvalue weighted by atomic mass is 10.1. The van der Waals surface area contributed by atoms with Crippen molar-refractivity contribution in [2.24, 2.45) is 0 Å². The van der Waals surface area contributed by atoms with Crippen LogP contribution in [0.4, 0.5) is 0 Å². The fourth-order valence-electron chi connectivity index (χ4n) is 1.26. The van der Waals surface area contributed by atoms with Crippen LogP contribution in [0.1, 0.15) is 26.3 Å². The van der Waals surface area contributed by atoms with E-state index in [-0.39, 0.29) is 0 Å². The SMILES string of the molecule is CC.CCc1cccc(-n2cncn2)c1. The number of hydrogen-bond donors (Lipinski definition) is 0. The number of hydrogen-bond acceptors (Lipinski definition) is 2. The second-order valence-corrected chi connectivity index (χ2v) is 2.86. The van der Waals surface area contributed by atoms with Gasteiger partial charge in [-0.05, 0) is 24.1 Å². The van der Waals surface area contributed by atoms with E-state index in [2.05, 4.69) is 29.1 Å². The molecule has 80 valence electrons. The quantitative estimate of drug-likeness (QED) is 0.751. The minimum absolute atomic E-state index is 1.04. The zero-order chi connectivity index (χ0) is 11.1. The molecule has 0 N–H and O–H groups in total.